The molecule has 2 rings (SSSR count). The van der Waals surface area contributed by atoms with Crippen molar-refractivity contribution >= 4 is 17.3 Å². The topological polar surface area (TPSA) is 29.3 Å². The number of hydrogen-bond acceptors (Lipinski definition) is 2. The van der Waals surface area contributed by atoms with Crippen LogP contribution >= 0.6 is 11.6 Å². The molecule has 1 fully saturated rings. The van der Waals surface area contributed by atoms with Gasteiger partial charge in [0.2, 0.25) is 0 Å². The third kappa shape index (κ3) is 2.99. The molecular formula is C15H23ClN2. The molecule has 0 radical (unpaired) electrons. The number of nitrogens with zero attached hydrogens (tertiary/aromatic N) is 1. The van der Waals surface area contributed by atoms with E-state index in [4.69, 9.17) is 17.3 Å². The molecule has 0 bridgehead atoms. The first-order valence-electron chi connectivity index (χ1n) is 6.91. The van der Waals surface area contributed by atoms with Crippen LogP contribution in [0.15, 0.2) is 18.2 Å². The molecule has 0 spiro atoms. The molecule has 1 saturated carbocycles. The van der Waals surface area contributed by atoms with E-state index < -0.39 is 0 Å². The minimum atomic E-state index is 0.0401. The highest BCUT2D eigenvalue weighted by molar-refractivity contribution is 6.33. The van der Waals surface area contributed by atoms with E-state index in [1.54, 1.807) is 0 Å². The Labute approximate surface area is 115 Å². The molecule has 1 aromatic carbocycles. The van der Waals surface area contributed by atoms with E-state index >= 15 is 0 Å². The number of rotatable bonds is 5. The van der Waals surface area contributed by atoms with Crippen molar-refractivity contribution in [1.82, 2.24) is 0 Å². The Kier molecular flexibility index (Phi) is 4.52. The first kappa shape index (κ1) is 13.7. The van der Waals surface area contributed by atoms with Gasteiger partial charge in [0.15, 0.2) is 0 Å². The van der Waals surface area contributed by atoms with E-state index in [0.717, 1.165) is 35.3 Å². The van der Waals surface area contributed by atoms with E-state index in [0.29, 0.717) is 0 Å². The predicted molar refractivity (Wildman–Crippen MR) is 79.3 cm³/mol. The molecule has 0 amide bonds. The highest BCUT2D eigenvalue weighted by Gasteiger charge is 2.21. The lowest BCUT2D eigenvalue weighted by molar-refractivity contribution is 0.318. The predicted octanol–water partition coefficient (Wildman–Crippen LogP) is 3.99. The molecule has 1 aliphatic carbocycles. The first-order chi connectivity index (χ1) is 8.61. The van der Waals surface area contributed by atoms with E-state index in [2.05, 4.69) is 24.0 Å². The first-order valence-corrected chi connectivity index (χ1v) is 7.29. The molecule has 0 aromatic heterocycles. The maximum atomic E-state index is 6.39. The Hall–Kier alpha value is -0.730. The van der Waals surface area contributed by atoms with E-state index in [1.807, 2.05) is 13.0 Å². The summed E-state index contributed by atoms with van der Waals surface area (Å²) in [5, 5.41) is 0.825. The molecule has 1 unspecified atom stereocenters. The Balaban J connectivity index is 2.14. The van der Waals surface area contributed by atoms with Crippen LogP contribution in [-0.4, -0.2) is 13.1 Å². The van der Waals surface area contributed by atoms with Crippen LogP contribution in [0, 0.1) is 5.92 Å². The zero-order chi connectivity index (χ0) is 13.1. The Morgan fingerprint density at radius 3 is 2.61 bits per heavy atom. The molecule has 18 heavy (non-hydrogen) atoms. The van der Waals surface area contributed by atoms with Gasteiger partial charge in [0.25, 0.3) is 0 Å². The van der Waals surface area contributed by atoms with Crippen molar-refractivity contribution in [3.8, 4) is 0 Å². The van der Waals surface area contributed by atoms with E-state index in [-0.39, 0.29) is 6.04 Å². The van der Waals surface area contributed by atoms with Crippen LogP contribution in [0.5, 0.6) is 0 Å². The standard InChI is InChI=1S/C15H23ClN2/c1-3-18(10-12-5-4-6-12)15-8-7-13(11(2)17)9-14(15)16/h7-9,11-12H,3-6,10,17H2,1-2H3. The molecular weight excluding hydrogens is 244 g/mol. The maximum Gasteiger partial charge on any atom is 0.0642 e. The summed E-state index contributed by atoms with van der Waals surface area (Å²) in [4.78, 5) is 2.39. The summed E-state index contributed by atoms with van der Waals surface area (Å²) < 4.78 is 0. The molecule has 0 heterocycles. The van der Waals surface area contributed by atoms with Crippen molar-refractivity contribution in [3.05, 3.63) is 28.8 Å². The molecule has 3 heteroatoms. The lowest BCUT2D eigenvalue weighted by Crippen LogP contribution is -2.32. The van der Waals surface area contributed by atoms with Gasteiger partial charge in [-0.1, -0.05) is 24.1 Å². The second-order valence-electron chi connectivity index (χ2n) is 5.34. The summed E-state index contributed by atoms with van der Waals surface area (Å²) >= 11 is 6.39. The van der Waals surface area contributed by atoms with Crippen molar-refractivity contribution in [3.63, 3.8) is 0 Å². The molecule has 2 nitrogen and oxygen atoms in total. The van der Waals surface area contributed by atoms with Crippen molar-refractivity contribution < 1.29 is 0 Å². The highest BCUT2D eigenvalue weighted by Crippen LogP contribution is 2.32. The van der Waals surface area contributed by atoms with Gasteiger partial charge in [-0.05, 0) is 50.3 Å². The number of benzene rings is 1. The summed E-state index contributed by atoms with van der Waals surface area (Å²) in [5.74, 6) is 0.856. The fraction of sp³-hybridized carbons (Fsp3) is 0.600. The number of nitrogens with two attached hydrogens (primary N) is 1. The van der Waals surface area contributed by atoms with Gasteiger partial charge in [-0.3, -0.25) is 0 Å². The van der Waals surface area contributed by atoms with Gasteiger partial charge >= 0.3 is 0 Å². The Bertz CT molecular complexity index is 399. The Morgan fingerprint density at radius 2 is 2.17 bits per heavy atom. The van der Waals surface area contributed by atoms with Crippen LogP contribution < -0.4 is 10.6 Å². The number of hydrogen-bond donors (Lipinski definition) is 1. The molecule has 1 aromatic rings. The molecule has 1 aliphatic rings. The van der Waals surface area contributed by atoms with Crippen LogP contribution in [0.4, 0.5) is 5.69 Å². The number of halogens is 1. The average molecular weight is 267 g/mol. The molecule has 2 N–H and O–H groups in total. The molecule has 1 atom stereocenters. The van der Waals surface area contributed by atoms with Gasteiger partial charge in [0, 0.05) is 19.1 Å². The largest absolute Gasteiger partial charge is 0.370 e. The van der Waals surface area contributed by atoms with E-state index in [9.17, 15) is 0 Å². The van der Waals surface area contributed by atoms with Crippen molar-refractivity contribution in [1.29, 1.82) is 0 Å². The third-order valence-electron chi connectivity index (χ3n) is 3.92. The second-order valence-corrected chi connectivity index (χ2v) is 5.74. The highest BCUT2D eigenvalue weighted by atomic mass is 35.5. The summed E-state index contributed by atoms with van der Waals surface area (Å²) in [6.45, 7) is 6.31. The average Bonchev–Trinajstić information content (AvgIpc) is 2.29. The van der Waals surface area contributed by atoms with Crippen LogP contribution in [0.25, 0.3) is 0 Å². The summed E-state index contributed by atoms with van der Waals surface area (Å²) in [5.41, 5.74) is 8.13. The zero-order valence-corrected chi connectivity index (χ0v) is 12.1. The van der Waals surface area contributed by atoms with Gasteiger partial charge in [-0.15, -0.1) is 0 Å². The van der Waals surface area contributed by atoms with Gasteiger partial charge in [0.1, 0.15) is 0 Å². The van der Waals surface area contributed by atoms with Crippen molar-refractivity contribution in [2.75, 3.05) is 18.0 Å². The SMILES string of the molecule is CCN(CC1CCC1)c1ccc(C(C)N)cc1Cl. The Morgan fingerprint density at radius 1 is 1.44 bits per heavy atom. The fourth-order valence-corrected chi connectivity index (χ4v) is 2.76. The number of anilines is 1. The lowest BCUT2D eigenvalue weighted by Gasteiger charge is -2.33. The summed E-state index contributed by atoms with van der Waals surface area (Å²) in [7, 11) is 0. The van der Waals surface area contributed by atoms with Gasteiger partial charge in [-0.2, -0.15) is 0 Å². The minimum absolute atomic E-state index is 0.0401. The molecule has 0 saturated heterocycles. The van der Waals surface area contributed by atoms with Gasteiger partial charge in [-0.25, -0.2) is 0 Å². The van der Waals surface area contributed by atoms with Crippen molar-refractivity contribution in [2.45, 2.75) is 39.2 Å². The van der Waals surface area contributed by atoms with Crippen LogP contribution in [0.3, 0.4) is 0 Å². The van der Waals surface area contributed by atoms with Gasteiger partial charge < -0.3 is 10.6 Å². The molecule has 0 aliphatic heterocycles. The van der Waals surface area contributed by atoms with Crippen LogP contribution in [0.1, 0.15) is 44.7 Å². The lowest BCUT2D eigenvalue weighted by atomic mass is 9.85. The normalized spacial score (nSPS) is 17.3. The monoisotopic (exact) mass is 266 g/mol. The minimum Gasteiger partial charge on any atom is -0.370 e. The van der Waals surface area contributed by atoms with Crippen LogP contribution in [-0.2, 0) is 0 Å². The van der Waals surface area contributed by atoms with Gasteiger partial charge in [0.05, 0.1) is 10.7 Å². The fourth-order valence-electron chi connectivity index (χ4n) is 2.45. The van der Waals surface area contributed by atoms with Crippen LogP contribution in [0.2, 0.25) is 5.02 Å². The summed E-state index contributed by atoms with van der Waals surface area (Å²) in [6.07, 6.45) is 4.12. The van der Waals surface area contributed by atoms with Crippen molar-refractivity contribution in [2.24, 2.45) is 11.7 Å². The molecule has 100 valence electrons. The zero-order valence-electron chi connectivity index (χ0n) is 11.3. The van der Waals surface area contributed by atoms with E-state index in [1.165, 1.54) is 19.3 Å². The smallest absolute Gasteiger partial charge is 0.0642 e. The second kappa shape index (κ2) is 5.94. The third-order valence-corrected chi connectivity index (χ3v) is 4.23. The summed E-state index contributed by atoms with van der Waals surface area (Å²) in [6, 6.07) is 6.25. The maximum absolute atomic E-state index is 6.39. The quantitative estimate of drug-likeness (QED) is 0.873.